The third kappa shape index (κ3) is 4.19. The van der Waals surface area contributed by atoms with Gasteiger partial charge in [0.25, 0.3) is 0 Å². The van der Waals surface area contributed by atoms with Crippen LogP contribution in [0.5, 0.6) is 0 Å². The molecule has 0 saturated carbocycles. The molecule has 2 heterocycles. The highest BCUT2D eigenvalue weighted by Gasteiger charge is 2.21. The van der Waals surface area contributed by atoms with Gasteiger partial charge in [-0.15, -0.1) is 0 Å². The van der Waals surface area contributed by atoms with Crippen molar-refractivity contribution in [2.45, 2.75) is 6.92 Å². The van der Waals surface area contributed by atoms with Gasteiger partial charge in [0.2, 0.25) is 11.9 Å². The molecule has 1 fully saturated rings. The molecule has 1 N–H and O–H groups in total. The summed E-state index contributed by atoms with van der Waals surface area (Å²) in [7, 11) is 0. The summed E-state index contributed by atoms with van der Waals surface area (Å²) in [5.41, 5.74) is 0.598. The van der Waals surface area contributed by atoms with Crippen molar-refractivity contribution in [2.24, 2.45) is 0 Å². The van der Waals surface area contributed by atoms with Gasteiger partial charge in [-0.1, -0.05) is 11.6 Å². The van der Waals surface area contributed by atoms with Crippen LogP contribution in [0.1, 0.15) is 6.92 Å². The Labute approximate surface area is 158 Å². The first-order valence-electron chi connectivity index (χ1n) is 7.69. The smallest absolute Gasteiger partial charge is 0.229 e. The number of nitrogens with one attached hydrogen (secondary N) is 1. The van der Waals surface area contributed by atoms with E-state index in [4.69, 9.17) is 11.6 Å². The van der Waals surface area contributed by atoms with Crippen LogP contribution in [0.15, 0.2) is 28.9 Å². The van der Waals surface area contributed by atoms with E-state index in [9.17, 15) is 9.18 Å². The minimum Gasteiger partial charge on any atom is -0.352 e. The quantitative estimate of drug-likeness (QED) is 0.811. The van der Waals surface area contributed by atoms with Gasteiger partial charge in [-0.3, -0.25) is 4.79 Å². The van der Waals surface area contributed by atoms with Crippen LogP contribution in [-0.2, 0) is 4.79 Å². The van der Waals surface area contributed by atoms with Gasteiger partial charge in [0.1, 0.15) is 11.6 Å². The van der Waals surface area contributed by atoms with Crippen molar-refractivity contribution in [3.63, 3.8) is 0 Å². The number of carbonyl (C=O) groups is 1. The topological polar surface area (TPSA) is 61.4 Å². The minimum atomic E-state index is -0.479. The standard InChI is InChI=1S/C16H16BrClFN5O/c1-10(25)23-4-6-24(7-5-23)15-12(17)9-20-16(22-15)21-11-2-3-14(19)13(18)8-11/h2-3,8-9H,4-7H2,1H3,(H,20,21,22). The van der Waals surface area contributed by atoms with Crippen molar-refractivity contribution in [1.29, 1.82) is 0 Å². The minimum absolute atomic E-state index is 0.0303. The summed E-state index contributed by atoms with van der Waals surface area (Å²) in [6.07, 6.45) is 1.66. The van der Waals surface area contributed by atoms with Crippen LogP contribution in [0.25, 0.3) is 0 Å². The zero-order valence-corrected chi connectivity index (χ0v) is 15.8. The van der Waals surface area contributed by atoms with E-state index in [-0.39, 0.29) is 10.9 Å². The Balaban J connectivity index is 1.76. The number of hydrogen-bond donors (Lipinski definition) is 1. The second-order valence-electron chi connectivity index (χ2n) is 5.61. The average Bonchev–Trinajstić information content (AvgIpc) is 2.60. The fourth-order valence-electron chi connectivity index (χ4n) is 2.58. The Morgan fingerprint density at radius 3 is 2.68 bits per heavy atom. The molecule has 3 rings (SSSR count). The van der Waals surface area contributed by atoms with Crippen LogP contribution in [-0.4, -0.2) is 47.0 Å². The molecule has 0 spiro atoms. The summed E-state index contributed by atoms with van der Waals surface area (Å²) < 4.78 is 14.0. The van der Waals surface area contributed by atoms with E-state index in [1.54, 1.807) is 19.2 Å². The van der Waals surface area contributed by atoms with Crippen LogP contribution in [0.3, 0.4) is 0 Å². The van der Waals surface area contributed by atoms with Gasteiger partial charge in [-0.2, -0.15) is 4.98 Å². The number of nitrogens with zero attached hydrogens (tertiary/aromatic N) is 4. The van der Waals surface area contributed by atoms with Crippen LogP contribution < -0.4 is 10.2 Å². The highest BCUT2D eigenvalue weighted by molar-refractivity contribution is 9.10. The van der Waals surface area contributed by atoms with Gasteiger partial charge in [-0.25, -0.2) is 9.37 Å². The second kappa shape index (κ2) is 7.53. The molecule has 0 bridgehead atoms. The number of carbonyl (C=O) groups excluding carboxylic acids is 1. The molecular formula is C16H16BrClFN5O. The summed E-state index contributed by atoms with van der Waals surface area (Å²) in [6, 6.07) is 4.33. The van der Waals surface area contributed by atoms with Crippen LogP contribution in [0.4, 0.5) is 21.8 Å². The molecule has 132 valence electrons. The number of halogens is 3. The zero-order valence-electron chi connectivity index (χ0n) is 13.5. The van der Waals surface area contributed by atoms with Gasteiger partial charge < -0.3 is 15.1 Å². The van der Waals surface area contributed by atoms with Gasteiger partial charge in [-0.05, 0) is 34.1 Å². The lowest BCUT2D eigenvalue weighted by molar-refractivity contribution is -0.129. The van der Waals surface area contributed by atoms with E-state index >= 15 is 0 Å². The maximum absolute atomic E-state index is 13.3. The van der Waals surface area contributed by atoms with Crippen molar-refractivity contribution in [3.8, 4) is 0 Å². The molecule has 25 heavy (non-hydrogen) atoms. The normalized spacial score (nSPS) is 14.6. The molecule has 1 saturated heterocycles. The van der Waals surface area contributed by atoms with Gasteiger partial charge in [0, 0.05) is 45.0 Å². The fourth-order valence-corrected chi connectivity index (χ4v) is 3.20. The number of anilines is 3. The molecule has 9 heteroatoms. The van der Waals surface area contributed by atoms with E-state index in [1.807, 2.05) is 4.90 Å². The van der Waals surface area contributed by atoms with E-state index in [0.717, 1.165) is 10.3 Å². The molecule has 1 aromatic heterocycles. The number of piperazine rings is 1. The Hall–Kier alpha value is -1.93. The number of hydrogen-bond acceptors (Lipinski definition) is 5. The first-order chi connectivity index (χ1) is 11.9. The Morgan fingerprint density at radius 2 is 2.04 bits per heavy atom. The molecule has 1 aliphatic heterocycles. The summed E-state index contributed by atoms with van der Waals surface area (Å²) in [4.78, 5) is 24.1. The van der Waals surface area contributed by atoms with Gasteiger partial charge >= 0.3 is 0 Å². The molecule has 0 unspecified atom stereocenters. The predicted octanol–water partition coefficient (Wildman–Crippen LogP) is 3.44. The first kappa shape index (κ1) is 17.9. The second-order valence-corrected chi connectivity index (χ2v) is 6.87. The van der Waals surface area contributed by atoms with Crippen molar-refractivity contribution in [2.75, 3.05) is 36.4 Å². The third-order valence-electron chi connectivity index (χ3n) is 3.93. The summed E-state index contributed by atoms with van der Waals surface area (Å²) in [5.74, 6) is 0.730. The highest BCUT2D eigenvalue weighted by atomic mass is 79.9. The number of rotatable bonds is 3. The van der Waals surface area contributed by atoms with Gasteiger partial charge in [0.05, 0.1) is 9.50 Å². The largest absolute Gasteiger partial charge is 0.352 e. The van der Waals surface area contributed by atoms with Crippen LogP contribution in [0.2, 0.25) is 5.02 Å². The third-order valence-corrected chi connectivity index (χ3v) is 4.77. The van der Waals surface area contributed by atoms with Crippen molar-refractivity contribution in [1.82, 2.24) is 14.9 Å². The van der Waals surface area contributed by atoms with E-state index in [0.29, 0.717) is 37.8 Å². The molecule has 0 radical (unpaired) electrons. The van der Waals surface area contributed by atoms with E-state index < -0.39 is 5.82 Å². The average molecular weight is 429 g/mol. The predicted molar refractivity (Wildman–Crippen MR) is 98.9 cm³/mol. The Kier molecular flexibility index (Phi) is 5.39. The summed E-state index contributed by atoms with van der Waals surface area (Å²) in [6.45, 7) is 4.27. The summed E-state index contributed by atoms with van der Waals surface area (Å²) in [5, 5.41) is 3.05. The Morgan fingerprint density at radius 1 is 1.32 bits per heavy atom. The lowest BCUT2D eigenvalue weighted by Gasteiger charge is -2.35. The highest BCUT2D eigenvalue weighted by Crippen LogP contribution is 2.27. The van der Waals surface area contributed by atoms with E-state index in [1.165, 1.54) is 12.1 Å². The van der Waals surface area contributed by atoms with Crippen molar-refractivity contribution in [3.05, 3.63) is 39.7 Å². The number of amides is 1. The Bertz CT molecular complexity index is 798. The zero-order chi connectivity index (χ0) is 18.0. The van der Waals surface area contributed by atoms with E-state index in [2.05, 4.69) is 36.1 Å². The van der Waals surface area contributed by atoms with Gasteiger partial charge in [0.15, 0.2) is 0 Å². The first-order valence-corrected chi connectivity index (χ1v) is 8.86. The van der Waals surface area contributed by atoms with Crippen LogP contribution in [0, 0.1) is 5.82 Å². The molecule has 1 amide bonds. The monoisotopic (exact) mass is 427 g/mol. The maximum Gasteiger partial charge on any atom is 0.229 e. The SMILES string of the molecule is CC(=O)N1CCN(c2nc(Nc3ccc(F)c(Cl)c3)ncc2Br)CC1. The lowest BCUT2D eigenvalue weighted by Crippen LogP contribution is -2.48. The van der Waals surface area contributed by atoms with Crippen molar-refractivity contribution >= 4 is 50.9 Å². The molecule has 2 aromatic rings. The number of aromatic nitrogens is 2. The molecule has 1 aliphatic rings. The maximum atomic E-state index is 13.3. The summed E-state index contributed by atoms with van der Waals surface area (Å²) >= 11 is 9.26. The lowest BCUT2D eigenvalue weighted by atomic mass is 10.3. The fraction of sp³-hybridized carbons (Fsp3) is 0.312. The molecule has 6 nitrogen and oxygen atoms in total. The molecule has 0 atom stereocenters. The van der Waals surface area contributed by atoms with Crippen molar-refractivity contribution < 1.29 is 9.18 Å². The number of benzene rings is 1. The molecule has 1 aromatic carbocycles. The molecule has 0 aliphatic carbocycles. The molecular weight excluding hydrogens is 413 g/mol. The van der Waals surface area contributed by atoms with Crippen LogP contribution >= 0.6 is 27.5 Å².